The number of methoxy groups -OCH3 is 1. The van der Waals surface area contributed by atoms with Crippen LogP contribution in [0.15, 0.2) is 30.7 Å². The second-order valence-corrected chi connectivity index (χ2v) is 4.57. The maximum atomic E-state index is 5.73. The minimum Gasteiger partial charge on any atom is -0.481 e. The molecule has 18 heavy (non-hydrogen) atoms. The zero-order valence-corrected chi connectivity index (χ0v) is 10.9. The Bertz CT molecular complexity index is 524. The van der Waals surface area contributed by atoms with E-state index in [2.05, 4.69) is 23.9 Å². The number of pyridine rings is 1. The van der Waals surface area contributed by atoms with E-state index in [9.17, 15) is 0 Å². The van der Waals surface area contributed by atoms with Gasteiger partial charge in [-0.25, -0.2) is 4.98 Å². The van der Waals surface area contributed by atoms with Crippen molar-refractivity contribution in [1.82, 2.24) is 14.8 Å². The van der Waals surface area contributed by atoms with E-state index in [1.165, 1.54) is 0 Å². The molecular formula is C13H16BN3O. The summed E-state index contributed by atoms with van der Waals surface area (Å²) in [6, 6.07) is 4.03. The Hall–Kier alpha value is -1.78. The highest BCUT2D eigenvalue weighted by molar-refractivity contribution is 6.31. The Balaban J connectivity index is 2.41. The molecule has 0 bridgehead atoms. The standard InChI is InChI=1S/C13H16BN3O/c1-9(2)13(17-8-11(14)7-16-17)10-4-5-15-12(6-10)18-3/h4-9,13H,1-3H3. The Labute approximate surface area is 108 Å². The highest BCUT2D eigenvalue weighted by atomic mass is 16.5. The smallest absolute Gasteiger partial charge is 0.213 e. The van der Waals surface area contributed by atoms with Crippen LogP contribution in [0, 0.1) is 5.92 Å². The molecule has 2 aromatic heterocycles. The summed E-state index contributed by atoms with van der Waals surface area (Å²) >= 11 is 0. The van der Waals surface area contributed by atoms with Gasteiger partial charge in [-0.15, -0.1) is 0 Å². The van der Waals surface area contributed by atoms with Gasteiger partial charge in [0.1, 0.15) is 7.85 Å². The van der Waals surface area contributed by atoms with Crippen molar-refractivity contribution in [3.63, 3.8) is 0 Å². The molecule has 92 valence electrons. The van der Waals surface area contributed by atoms with Crippen LogP contribution in [0.25, 0.3) is 0 Å². The first-order valence-electron chi connectivity index (χ1n) is 5.91. The van der Waals surface area contributed by atoms with Gasteiger partial charge in [0.2, 0.25) is 5.88 Å². The van der Waals surface area contributed by atoms with Gasteiger partial charge in [-0.2, -0.15) is 5.10 Å². The molecule has 0 spiro atoms. The molecule has 0 aliphatic heterocycles. The van der Waals surface area contributed by atoms with E-state index in [-0.39, 0.29) is 6.04 Å². The second kappa shape index (κ2) is 5.25. The van der Waals surface area contributed by atoms with Gasteiger partial charge in [0.15, 0.2) is 0 Å². The average Bonchev–Trinajstić information content (AvgIpc) is 2.75. The molecule has 0 aromatic carbocycles. The number of ether oxygens (including phenoxy) is 1. The zero-order chi connectivity index (χ0) is 13.1. The summed E-state index contributed by atoms with van der Waals surface area (Å²) in [6.07, 6.45) is 5.25. The molecule has 2 radical (unpaired) electrons. The number of nitrogens with zero attached hydrogens (tertiary/aromatic N) is 3. The first kappa shape index (κ1) is 12.7. The lowest BCUT2D eigenvalue weighted by molar-refractivity contribution is 0.384. The van der Waals surface area contributed by atoms with Crippen molar-refractivity contribution in [2.45, 2.75) is 19.9 Å². The number of hydrogen-bond donors (Lipinski definition) is 0. The molecule has 5 heteroatoms. The van der Waals surface area contributed by atoms with Crippen LogP contribution in [0.1, 0.15) is 25.5 Å². The van der Waals surface area contributed by atoms with E-state index < -0.39 is 0 Å². The Kier molecular flexibility index (Phi) is 3.70. The first-order chi connectivity index (χ1) is 8.61. The van der Waals surface area contributed by atoms with Crippen molar-refractivity contribution < 1.29 is 4.74 Å². The van der Waals surface area contributed by atoms with Gasteiger partial charge in [0.05, 0.1) is 13.2 Å². The molecule has 2 heterocycles. The molecule has 0 saturated carbocycles. The highest BCUT2D eigenvalue weighted by Gasteiger charge is 2.19. The predicted octanol–water partition coefficient (Wildman–Crippen LogP) is 1.33. The van der Waals surface area contributed by atoms with Crippen LogP contribution in [0.2, 0.25) is 0 Å². The summed E-state index contributed by atoms with van der Waals surface area (Å²) in [7, 11) is 7.34. The molecule has 2 rings (SSSR count). The summed E-state index contributed by atoms with van der Waals surface area (Å²) in [4.78, 5) is 4.12. The quantitative estimate of drug-likeness (QED) is 0.758. The molecule has 2 aromatic rings. The van der Waals surface area contributed by atoms with E-state index in [0.717, 1.165) is 5.56 Å². The SMILES string of the molecule is [B]c1cnn(C(c2ccnc(OC)c2)C(C)C)c1. The van der Waals surface area contributed by atoms with Gasteiger partial charge < -0.3 is 4.74 Å². The molecule has 0 aliphatic carbocycles. The monoisotopic (exact) mass is 241 g/mol. The van der Waals surface area contributed by atoms with Crippen molar-refractivity contribution in [1.29, 1.82) is 0 Å². The number of aromatic nitrogens is 3. The summed E-state index contributed by atoms with van der Waals surface area (Å²) in [5, 5.41) is 4.30. The van der Waals surface area contributed by atoms with Gasteiger partial charge in [-0.1, -0.05) is 19.3 Å². The van der Waals surface area contributed by atoms with Crippen molar-refractivity contribution in [3.05, 3.63) is 36.3 Å². The van der Waals surface area contributed by atoms with Crippen molar-refractivity contribution >= 4 is 13.3 Å². The Morgan fingerprint density at radius 3 is 2.72 bits per heavy atom. The van der Waals surface area contributed by atoms with Crippen molar-refractivity contribution in [3.8, 4) is 5.88 Å². The van der Waals surface area contributed by atoms with Crippen molar-refractivity contribution in [2.75, 3.05) is 7.11 Å². The third-order valence-electron chi connectivity index (χ3n) is 2.85. The van der Waals surface area contributed by atoms with Crippen LogP contribution < -0.4 is 10.2 Å². The highest BCUT2D eigenvalue weighted by Crippen LogP contribution is 2.26. The lowest BCUT2D eigenvalue weighted by Crippen LogP contribution is -2.18. The van der Waals surface area contributed by atoms with Gasteiger partial charge in [0, 0.05) is 24.7 Å². The average molecular weight is 241 g/mol. The molecule has 1 atom stereocenters. The largest absolute Gasteiger partial charge is 0.481 e. The molecule has 0 saturated heterocycles. The van der Waals surface area contributed by atoms with Crippen LogP contribution >= 0.6 is 0 Å². The lowest BCUT2D eigenvalue weighted by Gasteiger charge is -2.22. The summed E-state index contributed by atoms with van der Waals surface area (Å²) < 4.78 is 7.04. The lowest BCUT2D eigenvalue weighted by atomic mass is 9.96. The third kappa shape index (κ3) is 2.55. The van der Waals surface area contributed by atoms with Crippen LogP contribution in [-0.2, 0) is 0 Å². The molecule has 0 amide bonds. The molecule has 0 N–H and O–H groups in total. The molecule has 0 fully saturated rings. The maximum Gasteiger partial charge on any atom is 0.213 e. The van der Waals surface area contributed by atoms with E-state index >= 15 is 0 Å². The molecular weight excluding hydrogens is 225 g/mol. The summed E-state index contributed by atoms with van der Waals surface area (Å²) in [5.41, 5.74) is 1.78. The third-order valence-corrected chi connectivity index (χ3v) is 2.85. The van der Waals surface area contributed by atoms with Crippen LogP contribution in [-0.4, -0.2) is 29.7 Å². The fourth-order valence-corrected chi connectivity index (χ4v) is 2.07. The Morgan fingerprint density at radius 1 is 1.39 bits per heavy atom. The normalized spacial score (nSPS) is 12.7. The van der Waals surface area contributed by atoms with E-state index in [1.54, 1.807) is 19.5 Å². The van der Waals surface area contributed by atoms with Crippen LogP contribution in [0.3, 0.4) is 0 Å². The van der Waals surface area contributed by atoms with E-state index in [1.807, 2.05) is 23.0 Å². The fourth-order valence-electron chi connectivity index (χ4n) is 2.07. The van der Waals surface area contributed by atoms with Crippen molar-refractivity contribution in [2.24, 2.45) is 5.92 Å². The molecule has 0 aliphatic rings. The summed E-state index contributed by atoms with van der Waals surface area (Å²) in [5.74, 6) is 0.995. The topological polar surface area (TPSA) is 39.9 Å². The van der Waals surface area contributed by atoms with E-state index in [0.29, 0.717) is 17.3 Å². The zero-order valence-electron chi connectivity index (χ0n) is 10.9. The number of hydrogen-bond acceptors (Lipinski definition) is 3. The molecule has 4 nitrogen and oxygen atoms in total. The minimum absolute atomic E-state index is 0.124. The van der Waals surface area contributed by atoms with Gasteiger partial charge >= 0.3 is 0 Å². The fraction of sp³-hybridized carbons (Fsp3) is 0.385. The minimum atomic E-state index is 0.124. The van der Waals surface area contributed by atoms with Gasteiger partial charge in [-0.3, -0.25) is 4.68 Å². The van der Waals surface area contributed by atoms with Crippen LogP contribution in [0.5, 0.6) is 5.88 Å². The van der Waals surface area contributed by atoms with Gasteiger partial charge in [0.25, 0.3) is 0 Å². The van der Waals surface area contributed by atoms with E-state index in [4.69, 9.17) is 12.6 Å². The number of rotatable bonds is 4. The summed E-state index contributed by atoms with van der Waals surface area (Å²) in [6.45, 7) is 4.30. The van der Waals surface area contributed by atoms with Gasteiger partial charge in [-0.05, 0) is 17.5 Å². The maximum absolute atomic E-state index is 5.73. The predicted molar refractivity (Wildman–Crippen MR) is 71.4 cm³/mol. The molecule has 1 unspecified atom stereocenters. The second-order valence-electron chi connectivity index (χ2n) is 4.57. The van der Waals surface area contributed by atoms with Crippen LogP contribution in [0.4, 0.5) is 0 Å². The Morgan fingerprint density at radius 2 is 2.17 bits per heavy atom. The first-order valence-corrected chi connectivity index (χ1v) is 5.91.